The van der Waals surface area contributed by atoms with Crippen LogP contribution < -0.4 is 9.46 Å². The van der Waals surface area contributed by atoms with Crippen molar-refractivity contribution in [2.45, 2.75) is 61.5 Å². The van der Waals surface area contributed by atoms with Crippen molar-refractivity contribution < 1.29 is 50.4 Å². The fourth-order valence-corrected chi connectivity index (χ4v) is 5.28. The molecule has 3 rings (SSSR count). The van der Waals surface area contributed by atoms with Gasteiger partial charge in [0.2, 0.25) is 16.3 Å². The summed E-state index contributed by atoms with van der Waals surface area (Å²) in [5.74, 6) is -0.250. The maximum Gasteiger partial charge on any atom is 0.416 e. The van der Waals surface area contributed by atoms with Gasteiger partial charge in [-0.15, -0.1) is 6.58 Å². The average molecular weight is 699 g/mol. The predicted molar refractivity (Wildman–Crippen MR) is 146 cm³/mol. The molecule has 1 heterocycles. The predicted octanol–water partition coefficient (Wildman–Crippen LogP) is 4.04. The van der Waals surface area contributed by atoms with Gasteiger partial charge in [-0.3, -0.25) is 4.79 Å². The van der Waals surface area contributed by atoms with Gasteiger partial charge in [-0.25, -0.2) is 13.1 Å². The molecule has 220 valence electrons. The third-order valence-corrected chi connectivity index (χ3v) is 7.90. The summed E-state index contributed by atoms with van der Waals surface area (Å²) in [6.07, 6.45) is -9.38. The third-order valence-electron chi connectivity index (χ3n) is 5.76. The molecular weight excluding hydrogens is 670 g/mol. The lowest BCUT2D eigenvalue weighted by Gasteiger charge is -2.43. The molecule has 1 aliphatic heterocycles. The summed E-state index contributed by atoms with van der Waals surface area (Å²) >= 11 is 2.10. The van der Waals surface area contributed by atoms with Crippen molar-refractivity contribution >= 4 is 38.6 Å². The van der Waals surface area contributed by atoms with E-state index in [9.17, 15) is 31.5 Å². The topological polar surface area (TPSA) is 120 Å². The van der Waals surface area contributed by atoms with E-state index in [1.807, 2.05) is 0 Å². The van der Waals surface area contributed by atoms with E-state index in [0.717, 1.165) is 21.8 Å². The summed E-state index contributed by atoms with van der Waals surface area (Å²) in [6, 6.07) is 10.1. The zero-order valence-electron chi connectivity index (χ0n) is 21.3. The third kappa shape index (κ3) is 8.63. The number of carbonyl (C=O) groups excluding carboxylic acids is 1. The van der Waals surface area contributed by atoms with Crippen LogP contribution in [0.4, 0.5) is 13.2 Å². The number of nitrogens with one attached hydrogen (secondary N) is 1. The number of carbonyl (C=O) groups is 1. The summed E-state index contributed by atoms with van der Waals surface area (Å²) in [4.78, 5) is 11.8. The van der Waals surface area contributed by atoms with E-state index in [0.29, 0.717) is 18.2 Å². The summed E-state index contributed by atoms with van der Waals surface area (Å²) in [7, 11) is -4.45. The van der Waals surface area contributed by atoms with Crippen LogP contribution in [0.1, 0.15) is 25.3 Å². The van der Waals surface area contributed by atoms with Gasteiger partial charge in [-0.05, 0) is 71.5 Å². The summed E-state index contributed by atoms with van der Waals surface area (Å²) in [6.45, 7) is 4.75. The minimum atomic E-state index is -4.74. The van der Waals surface area contributed by atoms with E-state index in [1.54, 1.807) is 31.2 Å². The fourth-order valence-electron chi connectivity index (χ4n) is 3.83. The molecule has 14 heteroatoms. The first-order chi connectivity index (χ1) is 18.9. The normalized spacial score (nSPS) is 23.4. The Bertz CT molecular complexity index is 1260. The first-order valence-corrected chi connectivity index (χ1v) is 14.8. The molecule has 1 aliphatic rings. The number of halogens is 4. The van der Waals surface area contributed by atoms with Gasteiger partial charge in [0.25, 0.3) is 0 Å². The highest BCUT2D eigenvalue weighted by atomic mass is 127. The molecule has 0 saturated carbocycles. The lowest BCUT2D eigenvalue weighted by Crippen LogP contribution is -2.63. The highest BCUT2D eigenvalue weighted by Crippen LogP contribution is 2.31. The summed E-state index contributed by atoms with van der Waals surface area (Å²) in [5, 5.41) is 11.1. The number of rotatable bonds is 12. The van der Waals surface area contributed by atoms with Crippen molar-refractivity contribution in [3.05, 3.63) is 70.3 Å². The molecule has 9 nitrogen and oxygen atoms in total. The standard InChI is InChI=1S/C26H29F3INO8S/c1-3-6-21(32)39-24-23(36-13-4-2)22(33)20(38-25(24)37-18-11-9-17(30)10-12-18)15-31-40(34,35)19-8-5-7-16(14-19)26(27,28)29/h4-5,7-12,14,20,22-25,31,33H,2-3,6,13,15H2,1H3/t20-,22+,23+,24-,25-/m1/s1. The molecule has 0 spiro atoms. The number of hydrogen-bond acceptors (Lipinski definition) is 8. The first-order valence-electron chi connectivity index (χ1n) is 12.2. The van der Waals surface area contributed by atoms with Crippen molar-refractivity contribution in [1.82, 2.24) is 4.72 Å². The molecule has 2 N–H and O–H groups in total. The number of hydrogen-bond donors (Lipinski definition) is 2. The second kappa shape index (κ2) is 14.1. The number of alkyl halides is 3. The number of ether oxygens (including phenoxy) is 4. The van der Waals surface area contributed by atoms with Gasteiger partial charge < -0.3 is 24.1 Å². The quantitative estimate of drug-likeness (QED) is 0.194. The lowest BCUT2D eigenvalue weighted by atomic mass is 9.98. The smallest absolute Gasteiger partial charge is 0.416 e. The molecule has 0 radical (unpaired) electrons. The lowest BCUT2D eigenvalue weighted by molar-refractivity contribution is -0.282. The number of esters is 1. The summed E-state index contributed by atoms with van der Waals surface area (Å²) < 4.78 is 91.2. The molecule has 0 bridgehead atoms. The van der Waals surface area contributed by atoms with E-state index in [1.165, 1.54) is 6.08 Å². The van der Waals surface area contributed by atoms with Crippen LogP contribution in [0.5, 0.6) is 5.75 Å². The molecule has 0 unspecified atom stereocenters. The molecule has 1 saturated heterocycles. The molecule has 2 aromatic rings. The second-order valence-electron chi connectivity index (χ2n) is 8.77. The first kappa shape index (κ1) is 32.3. The summed E-state index contributed by atoms with van der Waals surface area (Å²) in [5.41, 5.74) is -1.13. The minimum Gasteiger partial charge on any atom is -0.461 e. The Hall–Kier alpha value is -2.24. The van der Waals surface area contributed by atoms with Crippen molar-refractivity contribution in [1.29, 1.82) is 0 Å². The molecule has 0 aliphatic carbocycles. The van der Waals surface area contributed by atoms with Crippen LogP contribution in [0.15, 0.2) is 66.1 Å². The number of aliphatic hydroxyl groups excluding tert-OH is 1. The second-order valence-corrected chi connectivity index (χ2v) is 11.8. The van der Waals surface area contributed by atoms with E-state index >= 15 is 0 Å². The Labute approximate surface area is 243 Å². The highest BCUT2D eigenvalue weighted by Gasteiger charge is 2.49. The molecule has 0 aromatic heterocycles. The van der Waals surface area contributed by atoms with Crippen LogP contribution in [-0.2, 0) is 35.2 Å². The Kier molecular flexibility index (Phi) is 11.4. The molecule has 2 aromatic carbocycles. The Morgan fingerprint density at radius 3 is 2.52 bits per heavy atom. The maximum atomic E-state index is 13.1. The number of sulfonamides is 1. The van der Waals surface area contributed by atoms with E-state index in [-0.39, 0.29) is 13.0 Å². The van der Waals surface area contributed by atoms with Gasteiger partial charge in [0, 0.05) is 16.5 Å². The number of aliphatic hydroxyl groups is 1. The molecule has 40 heavy (non-hydrogen) atoms. The van der Waals surface area contributed by atoms with E-state index in [4.69, 9.17) is 18.9 Å². The van der Waals surface area contributed by atoms with Gasteiger partial charge in [-0.1, -0.05) is 19.1 Å². The largest absolute Gasteiger partial charge is 0.461 e. The van der Waals surface area contributed by atoms with Gasteiger partial charge in [0.1, 0.15) is 24.1 Å². The van der Waals surface area contributed by atoms with Crippen LogP contribution in [0.25, 0.3) is 0 Å². The highest BCUT2D eigenvalue weighted by molar-refractivity contribution is 14.1. The SMILES string of the molecule is C=CCO[C@H]1[C@@H](O)[C@@H](CNS(=O)(=O)c2cccc(C(F)(F)F)c2)O[C@@H](Oc2ccc(I)cc2)[C@@H]1OC(=O)CCC. The van der Waals surface area contributed by atoms with Crippen molar-refractivity contribution in [2.24, 2.45) is 0 Å². The molecule has 5 atom stereocenters. The molecule has 0 amide bonds. The minimum absolute atomic E-state index is 0.0531. The van der Waals surface area contributed by atoms with Crippen molar-refractivity contribution in [2.75, 3.05) is 13.2 Å². The van der Waals surface area contributed by atoms with Crippen molar-refractivity contribution in [3.8, 4) is 5.75 Å². The van der Waals surface area contributed by atoms with Crippen LogP contribution in [0, 0.1) is 3.57 Å². The van der Waals surface area contributed by atoms with Crippen LogP contribution in [0.3, 0.4) is 0 Å². The Morgan fingerprint density at radius 2 is 1.90 bits per heavy atom. The fraction of sp³-hybridized carbons (Fsp3) is 0.423. The molecular formula is C26H29F3INO8S. The maximum absolute atomic E-state index is 13.1. The zero-order chi connectivity index (χ0) is 29.5. The van der Waals surface area contributed by atoms with Crippen molar-refractivity contribution in [3.63, 3.8) is 0 Å². The number of benzene rings is 2. The van der Waals surface area contributed by atoms with Gasteiger partial charge in [0.05, 0.1) is 17.1 Å². The van der Waals surface area contributed by atoms with Gasteiger partial charge in [-0.2, -0.15) is 13.2 Å². The average Bonchev–Trinajstić information content (AvgIpc) is 2.90. The van der Waals surface area contributed by atoms with Crippen LogP contribution in [0.2, 0.25) is 0 Å². The molecule has 1 fully saturated rings. The van der Waals surface area contributed by atoms with Crippen LogP contribution in [-0.4, -0.2) is 63.4 Å². The van der Waals surface area contributed by atoms with Crippen LogP contribution >= 0.6 is 22.6 Å². The Morgan fingerprint density at radius 1 is 1.20 bits per heavy atom. The monoisotopic (exact) mass is 699 g/mol. The Balaban J connectivity index is 1.88. The van der Waals surface area contributed by atoms with Gasteiger partial charge >= 0.3 is 12.1 Å². The van der Waals surface area contributed by atoms with Gasteiger partial charge in [0.15, 0.2) is 6.10 Å². The van der Waals surface area contributed by atoms with E-state index in [2.05, 4.69) is 33.9 Å². The van der Waals surface area contributed by atoms with E-state index < -0.39 is 69.9 Å². The zero-order valence-corrected chi connectivity index (χ0v) is 24.3.